The molecule has 2 aromatic carbocycles. The molecule has 3 rings (SSSR count). The minimum absolute atomic E-state index is 0.0833. The third-order valence-electron chi connectivity index (χ3n) is 3.31. The molecular weight excluding hydrogens is 329 g/mol. The topological polar surface area (TPSA) is 32.9 Å². The van der Waals surface area contributed by atoms with Gasteiger partial charge in [0.05, 0.1) is 22.2 Å². The predicted molar refractivity (Wildman–Crippen MR) is 88.8 cm³/mol. The molecule has 5 heteroatoms. The number of H-pyrrole nitrogens is 1. The van der Waals surface area contributed by atoms with Crippen LogP contribution in [-0.4, -0.2) is 16.6 Å². The summed E-state index contributed by atoms with van der Waals surface area (Å²) in [4.78, 5) is 15.5. The largest absolute Gasteiger partial charge is 0.354 e. The Morgan fingerprint density at radius 3 is 2.57 bits per heavy atom. The number of carbonyl (C=O) groups is 1. The highest BCUT2D eigenvalue weighted by molar-refractivity contribution is 6.37. The zero-order valence-electron chi connectivity index (χ0n) is 10.8. The molecule has 0 saturated heterocycles. The molecule has 0 bridgehead atoms. The zero-order valence-corrected chi connectivity index (χ0v) is 13.1. The van der Waals surface area contributed by atoms with E-state index >= 15 is 0 Å². The summed E-state index contributed by atoms with van der Waals surface area (Å²) < 4.78 is 0. The summed E-state index contributed by atoms with van der Waals surface area (Å²) in [6.07, 6.45) is 0. The van der Waals surface area contributed by atoms with E-state index in [0.29, 0.717) is 21.3 Å². The Hall–Kier alpha value is -1.48. The number of para-hydroxylation sites is 1. The minimum atomic E-state index is -0.143. The van der Waals surface area contributed by atoms with E-state index in [4.69, 9.17) is 34.8 Å². The molecule has 21 heavy (non-hydrogen) atoms. The number of Topliss-reactive ketones (excluding diaryl/α,β-unsaturated/α-hetero) is 1. The van der Waals surface area contributed by atoms with Crippen LogP contribution in [0.5, 0.6) is 0 Å². The third-order valence-corrected chi connectivity index (χ3v) is 4.10. The lowest BCUT2D eigenvalue weighted by atomic mass is 10.0. The van der Waals surface area contributed by atoms with Crippen LogP contribution in [0.3, 0.4) is 0 Å². The number of carbonyl (C=O) groups excluding carboxylic acids is 1. The molecule has 0 aliphatic rings. The Morgan fingerprint density at radius 2 is 1.86 bits per heavy atom. The van der Waals surface area contributed by atoms with Crippen molar-refractivity contribution in [1.82, 2.24) is 4.98 Å². The van der Waals surface area contributed by atoms with Crippen LogP contribution in [0.1, 0.15) is 10.4 Å². The highest BCUT2D eigenvalue weighted by Crippen LogP contribution is 2.36. The van der Waals surface area contributed by atoms with Gasteiger partial charge in [0, 0.05) is 21.5 Å². The van der Waals surface area contributed by atoms with Crippen molar-refractivity contribution in [2.24, 2.45) is 0 Å². The Labute approximate surface area is 136 Å². The van der Waals surface area contributed by atoms with Crippen molar-refractivity contribution < 1.29 is 4.79 Å². The van der Waals surface area contributed by atoms with Crippen molar-refractivity contribution in [3.8, 4) is 11.3 Å². The van der Waals surface area contributed by atoms with Gasteiger partial charge < -0.3 is 4.98 Å². The first-order valence-electron chi connectivity index (χ1n) is 6.27. The summed E-state index contributed by atoms with van der Waals surface area (Å²) in [7, 11) is 0. The number of aromatic amines is 1. The average Bonchev–Trinajstić information content (AvgIpc) is 2.85. The van der Waals surface area contributed by atoms with Gasteiger partial charge in [0.1, 0.15) is 0 Å². The van der Waals surface area contributed by atoms with Crippen molar-refractivity contribution in [1.29, 1.82) is 0 Å². The lowest BCUT2D eigenvalue weighted by Crippen LogP contribution is -2.01. The first-order chi connectivity index (χ1) is 10.1. The zero-order chi connectivity index (χ0) is 15.0. The monoisotopic (exact) mass is 337 g/mol. The number of rotatable bonds is 3. The number of hydrogen-bond acceptors (Lipinski definition) is 1. The molecule has 106 valence electrons. The first kappa shape index (κ1) is 14.5. The lowest BCUT2D eigenvalue weighted by Gasteiger charge is -2.05. The van der Waals surface area contributed by atoms with Gasteiger partial charge in [-0.15, -0.1) is 11.6 Å². The van der Waals surface area contributed by atoms with E-state index in [1.165, 1.54) is 0 Å². The molecule has 0 saturated carbocycles. The second-order valence-corrected chi connectivity index (χ2v) is 5.71. The fraction of sp³-hybridized carbons (Fsp3) is 0.0625. The van der Waals surface area contributed by atoms with Gasteiger partial charge in [-0.3, -0.25) is 4.79 Å². The van der Waals surface area contributed by atoms with Crippen molar-refractivity contribution in [3.63, 3.8) is 0 Å². The van der Waals surface area contributed by atoms with E-state index in [1.807, 2.05) is 24.3 Å². The molecule has 1 aromatic heterocycles. The summed E-state index contributed by atoms with van der Waals surface area (Å²) in [5.41, 5.74) is 2.83. The molecule has 0 amide bonds. The normalized spacial score (nSPS) is 11.0. The van der Waals surface area contributed by atoms with E-state index in [1.54, 1.807) is 18.2 Å². The van der Waals surface area contributed by atoms with Crippen LogP contribution in [0.4, 0.5) is 0 Å². The Bertz CT molecular complexity index is 839. The van der Waals surface area contributed by atoms with Crippen LogP contribution >= 0.6 is 34.8 Å². The molecule has 1 N–H and O–H groups in total. The summed E-state index contributed by atoms with van der Waals surface area (Å²) in [6.45, 7) is 0. The third kappa shape index (κ3) is 2.55. The summed E-state index contributed by atoms with van der Waals surface area (Å²) >= 11 is 17.9. The molecule has 0 radical (unpaired) electrons. The van der Waals surface area contributed by atoms with Gasteiger partial charge in [-0.2, -0.15) is 0 Å². The second kappa shape index (κ2) is 5.72. The van der Waals surface area contributed by atoms with Crippen LogP contribution in [-0.2, 0) is 0 Å². The molecule has 2 nitrogen and oxygen atoms in total. The van der Waals surface area contributed by atoms with Gasteiger partial charge in [0.25, 0.3) is 0 Å². The van der Waals surface area contributed by atoms with Crippen molar-refractivity contribution in [2.75, 3.05) is 5.88 Å². The predicted octanol–water partition coefficient (Wildman–Crippen LogP) is 5.56. The summed E-state index contributed by atoms with van der Waals surface area (Å²) in [6, 6.07) is 12.8. The quantitative estimate of drug-likeness (QED) is 0.492. The molecule has 0 fully saturated rings. The highest BCUT2D eigenvalue weighted by Gasteiger charge is 2.20. The minimum Gasteiger partial charge on any atom is -0.354 e. The number of alkyl halides is 1. The van der Waals surface area contributed by atoms with Crippen molar-refractivity contribution >= 4 is 51.5 Å². The average molecular weight is 339 g/mol. The second-order valence-electron chi connectivity index (χ2n) is 4.60. The van der Waals surface area contributed by atoms with E-state index in [9.17, 15) is 4.79 Å². The molecule has 0 aliphatic carbocycles. The number of nitrogens with one attached hydrogen (secondary N) is 1. The Balaban J connectivity index is 2.33. The molecular formula is C16H10Cl3NO. The lowest BCUT2D eigenvalue weighted by molar-refractivity contribution is 0.102. The van der Waals surface area contributed by atoms with E-state index in [0.717, 1.165) is 16.5 Å². The van der Waals surface area contributed by atoms with Gasteiger partial charge in [0.15, 0.2) is 5.78 Å². The Kier molecular flexibility index (Phi) is 3.94. The SMILES string of the molecule is O=C(CCl)c1c(-c2ccc(Cl)cc2Cl)[nH]c2ccccc12. The number of halogens is 3. The number of fused-ring (bicyclic) bond motifs is 1. The Morgan fingerprint density at radius 1 is 1.10 bits per heavy atom. The number of ketones is 1. The maximum Gasteiger partial charge on any atom is 0.180 e. The van der Waals surface area contributed by atoms with Gasteiger partial charge >= 0.3 is 0 Å². The van der Waals surface area contributed by atoms with Gasteiger partial charge in [-0.1, -0.05) is 41.4 Å². The fourth-order valence-corrected chi connectivity index (χ4v) is 3.03. The van der Waals surface area contributed by atoms with Crippen molar-refractivity contribution in [2.45, 2.75) is 0 Å². The molecule has 1 heterocycles. The van der Waals surface area contributed by atoms with E-state index in [2.05, 4.69) is 4.98 Å². The van der Waals surface area contributed by atoms with Crippen LogP contribution in [0.15, 0.2) is 42.5 Å². The van der Waals surface area contributed by atoms with Crippen LogP contribution in [0, 0.1) is 0 Å². The number of aromatic nitrogens is 1. The van der Waals surface area contributed by atoms with E-state index in [-0.39, 0.29) is 11.7 Å². The number of benzene rings is 2. The van der Waals surface area contributed by atoms with Crippen molar-refractivity contribution in [3.05, 3.63) is 58.1 Å². The maximum atomic E-state index is 12.2. The van der Waals surface area contributed by atoms with Crippen LogP contribution < -0.4 is 0 Å². The molecule has 0 spiro atoms. The maximum absolute atomic E-state index is 12.2. The first-order valence-corrected chi connectivity index (χ1v) is 7.56. The fourth-order valence-electron chi connectivity index (χ4n) is 2.39. The highest BCUT2D eigenvalue weighted by atomic mass is 35.5. The molecule has 0 atom stereocenters. The van der Waals surface area contributed by atoms with Gasteiger partial charge in [-0.05, 0) is 24.3 Å². The van der Waals surface area contributed by atoms with Gasteiger partial charge in [0.2, 0.25) is 0 Å². The standard InChI is InChI=1S/C16H10Cl3NO/c17-8-14(21)15-11-3-1-2-4-13(11)20-16(15)10-6-5-9(18)7-12(10)19/h1-7,20H,8H2. The summed E-state index contributed by atoms with van der Waals surface area (Å²) in [5, 5.41) is 1.87. The van der Waals surface area contributed by atoms with E-state index < -0.39 is 0 Å². The smallest absolute Gasteiger partial charge is 0.180 e. The van der Waals surface area contributed by atoms with Crippen LogP contribution in [0.2, 0.25) is 10.0 Å². The molecule has 0 aliphatic heterocycles. The molecule has 3 aromatic rings. The van der Waals surface area contributed by atoms with Gasteiger partial charge in [-0.25, -0.2) is 0 Å². The summed E-state index contributed by atoms with van der Waals surface area (Å²) in [5.74, 6) is -0.227. The molecule has 0 unspecified atom stereocenters. The number of hydrogen-bond donors (Lipinski definition) is 1. The van der Waals surface area contributed by atoms with Crippen LogP contribution in [0.25, 0.3) is 22.2 Å².